The molecule has 6 nitrogen and oxygen atoms in total. The molecule has 22 heavy (non-hydrogen) atoms. The minimum Gasteiger partial charge on any atom is -0.497 e. The average Bonchev–Trinajstić information content (AvgIpc) is 2.54. The Bertz CT molecular complexity index is 893. The molecule has 0 saturated heterocycles. The predicted octanol–water partition coefficient (Wildman–Crippen LogP) is 2.87. The second-order valence-corrected chi connectivity index (χ2v) is 5.24. The molecule has 0 N–H and O–H groups in total. The standard InChI is InChI=1S/C16H14N4O2/c1-20(2)16-18-14-13-11(6-7-17-14)10-5-4-9(21-3)8-12(10)22-15(13)19-16/h4-8H,1-3H3. The number of nitrogens with zero attached hydrogens (tertiary/aromatic N) is 4. The molecule has 3 heterocycles. The third-order valence-electron chi connectivity index (χ3n) is 3.64. The number of fused-ring (bicyclic) bond motifs is 2. The van der Waals surface area contributed by atoms with Crippen LogP contribution in [-0.2, 0) is 0 Å². The zero-order valence-electron chi connectivity index (χ0n) is 12.5. The Morgan fingerprint density at radius 2 is 1.95 bits per heavy atom. The van der Waals surface area contributed by atoms with Crippen molar-refractivity contribution in [2.75, 3.05) is 26.1 Å². The van der Waals surface area contributed by atoms with Crippen molar-refractivity contribution in [3.63, 3.8) is 0 Å². The quantitative estimate of drug-likeness (QED) is 0.566. The highest BCUT2D eigenvalue weighted by molar-refractivity contribution is 6.00. The lowest BCUT2D eigenvalue weighted by Gasteiger charge is -2.21. The van der Waals surface area contributed by atoms with Crippen molar-refractivity contribution in [3.05, 3.63) is 30.5 Å². The van der Waals surface area contributed by atoms with Gasteiger partial charge in [-0.05, 0) is 18.2 Å². The number of aromatic nitrogens is 3. The summed E-state index contributed by atoms with van der Waals surface area (Å²) in [7, 11) is 5.41. The summed E-state index contributed by atoms with van der Waals surface area (Å²) in [5.74, 6) is 2.56. The second-order valence-electron chi connectivity index (χ2n) is 5.24. The first-order valence-electron chi connectivity index (χ1n) is 6.87. The zero-order valence-corrected chi connectivity index (χ0v) is 12.5. The number of methoxy groups -OCH3 is 1. The monoisotopic (exact) mass is 294 g/mol. The fraction of sp³-hybridized carbons (Fsp3) is 0.188. The van der Waals surface area contributed by atoms with Crippen molar-refractivity contribution < 1.29 is 9.47 Å². The van der Waals surface area contributed by atoms with Crippen molar-refractivity contribution in [1.29, 1.82) is 0 Å². The highest BCUT2D eigenvalue weighted by Crippen LogP contribution is 2.46. The summed E-state index contributed by atoms with van der Waals surface area (Å²) in [4.78, 5) is 15.2. The van der Waals surface area contributed by atoms with Gasteiger partial charge in [0.25, 0.3) is 0 Å². The molecule has 0 radical (unpaired) electrons. The van der Waals surface area contributed by atoms with E-state index in [1.165, 1.54) is 0 Å². The molecule has 0 fully saturated rings. The zero-order chi connectivity index (χ0) is 15.3. The lowest BCUT2D eigenvalue weighted by molar-refractivity contribution is 0.408. The number of anilines is 1. The smallest absolute Gasteiger partial charge is 0.234 e. The highest BCUT2D eigenvalue weighted by atomic mass is 16.5. The number of rotatable bonds is 2. The van der Waals surface area contributed by atoms with Gasteiger partial charge in [0.15, 0.2) is 5.65 Å². The Morgan fingerprint density at radius 1 is 1.09 bits per heavy atom. The van der Waals surface area contributed by atoms with Crippen molar-refractivity contribution in [2.45, 2.75) is 0 Å². The summed E-state index contributed by atoms with van der Waals surface area (Å²) >= 11 is 0. The summed E-state index contributed by atoms with van der Waals surface area (Å²) in [6.07, 6.45) is 1.76. The van der Waals surface area contributed by atoms with Gasteiger partial charge in [0.05, 0.1) is 12.5 Å². The predicted molar refractivity (Wildman–Crippen MR) is 83.7 cm³/mol. The number of benzene rings is 1. The lowest BCUT2D eigenvalue weighted by atomic mass is 10.0. The summed E-state index contributed by atoms with van der Waals surface area (Å²) in [5, 5.41) is 0.839. The molecule has 0 atom stereocenters. The Balaban J connectivity index is 2.03. The molecule has 2 aromatic heterocycles. The summed E-state index contributed by atoms with van der Waals surface area (Å²) in [6, 6.07) is 7.71. The van der Waals surface area contributed by atoms with Gasteiger partial charge in [-0.2, -0.15) is 9.97 Å². The Labute approximate surface area is 127 Å². The molecule has 4 rings (SSSR count). The SMILES string of the molecule is COc1ccc2c(c1)Oc1nc(N(C)C)nc3nccc-2c13. The van der Waals surface area contributed by atoms with Crippen LogP contribution in [0.5, 0.6) is 17.4 Å². The first-order chi connectivity index (χ1) is 10.7. The molecule has 1 aliphatic rings. The molecular weight excluding hydrogens is 280 g/mol. The fourth-order valence-electron chi connectivity index (χ4n) is 2.55. The first-order valence-corrected chi connectivity index (χ1v) is 6.87. The van der Waals surface area contributed by atoms with Crippen LogP contribution in [0, 0.1) is 0 Å². The lowest BCUT2D eigenvalue weighted by Crippen LogP contribution is -2.14. The molecule has 0 spiro atoms. The molecule has 0 unspecified atom stereocenters. The van der Waals surface area contributed by atoms with Gasteiger partial charge in [-0.25, -0.2) is 4.98 Å². The van der Waals surface area contributed by atoms with Crippen LogP contribution in [0.2, 0.25) is 0 Å². The number of hydrogen-bond acceptors (Lipinski definition) is 6. The Kier molecular flexibility index (Phi) is 2.66. The van der Waals surface area contributed by atoms with E-state index < -0.39 is 0 Å². The van der Waals surface area contributed by atoms with Crippen LogP contribution < -0.4 is 14.4 Å². The first kappa shape index (κ1) is 12.8. The van der Waals surface area contributed by atoms with Crippen molar-refractivity contribution in [1.82, 2.24) is 15.0 Å². The largest absolute Gasteiger partial charge is 0.497 e. The highest BCUT2D eigenvalue weighted by Gasteiger charge is 2.24. The van der Waals surface area contributed by atoms with Gasteiger partial charge in [-0.15, -0.1) is 0 Å². The van der Waals surface area contributed by atoms with Gasteiger partial charge < -0.3 is 14.4 Å². The Morgan fingerprint density at radius 3 is 2.73 bits per heavy atom. The van der Waals surface area contributed by atoms with E-state index in [4.69, 9.17) is 9.47 Å². The maximum Gasteiger partial charge on any atom is 0.234 e. The third kappa shape index (κ3) is 1.77. The van der Waals surface area contributed by atoms with E-state index in [2.05, 4.69) is 15.0 Å². The molecule has 0 bridgehead atoms. The van der Waals surface area contributed by atoms with E-state index >= 15 is 0 Å². The van der Waals surface area contributed by atoms with Crippen LogP contribution in [0.1, 0.15) is 0 Å². The maximum atomic E-state index is 5.99. The van der Waals surface area contributed by atoms with Gasteiger partial charge in [0, 0.05) is 37.5 Å². The second kappa shape index (κ2) is 4.56. The average molecular weight is 294 g/mol. The molecule has 0 amide bonds. The number of pyridine rings is 1. The normalized spacial score (nSPS) is 11.8. The van der Waals surface area contributed by atoms with Crippen molar-refractivity contribution in [3.8, 4) is 28.5 Å². The van der Waals surface area contributed by atoms with Gasteiger partial charge >= 0.3 is 0 Å². The minimum atomic E-state index is 0.526. The fourth-order valence-corrected chi connectivity index (χ4v) is 2.55. The van der Waals surface area contributed by atoms with Crippen LogP contribution in [0.15, 0.2) is 30.5 Å². The van der Waals surface area contributed by atoms with Gasteiger partial charge in [0.2, 0.25) is 11.8 Å². The molecule has 110 valence electrons. The molecule has 3 aromatic rings. The molecule has 1 aliphatic heterocycles. The van der Waals surface area contributed by atoms with Crippen LogP contribution in [0.4, 0.5) is 5.95 Å². The summed E-state index contributed by atoms with van der Waals surface area (Å²) < 4.78 is 11.3. The van der Waals surface area contributed by atoms with Gasteiger partial charge in [0.1, 0.15) is 11.5 Å². The van der Waals surface area contributed by atoms with E-state index in [1.807, 2.05) is 43.3 Å². The van der Waals surface area contributed by atoms with Gasteiger partial charge in [-0.3, -0.25) is 0 Å². The molecule has 0 aliphatic carbocycles. The van der Waals surface area contributed by atoms with Crippen LogP contribution in [0.25, 0.3) is 22.2 Å². The maximum absolute atomic E-state index is 5.99. The van der Waals surface area contributed by atoms with E-state index in [9.17, 15) is 0 Å². The summed E-state index contributed by atoms with van der Waals surface area (Å²) in [6.45, 7) is 0. The van der Waals surface area contributed by atoms with E-state index in [-0.39, 0.29) is 0 Å². The molecule has 0 saturated carbocycles. The number of hydrogen-bond donors (Lipinski definition) is 0. The van der Waals surface area contributed by atoms with Crippen molar-refractivity contribution in [2.24, 2.45) is 0 Å². The molecule has 1 aromatic carbocycles. The van der Waals surface area contributed by atoms with Gasteiger partial charge in [-0.1, -0.05) is 0 Å². The number of ether oxygens (including phenoxy) is 2. The van der Waals surface area contributed by atoms with Crippen LogP contribution >= 0.6 is 0 Å². The summed E-state index contributed by atoms with van der Waals surface area (Å²) in [5.41, 5.74) is 2.64. The van der Waals surface area contributed by atoms with Crippen molar-refractivity contribution >= 4 is 17.0 Å². The topological polar surface area (TPSA) is 60.4 Å². The van der Waals surface area contributed by atoms with Crippen LogP contribution in [-0.4, -0.2) is 36.2 Å². The molecular formula is C16H14N4O2. The van der Waals surface area contributed by atoms with E-state index in [0.717, 1.165) is 28.0 Å². The van der Waals surface area contributed by atoms with E-state index in [0.29, 0.717) is 17.5 Å². The van der Waals surface area contributed by atoms with Crippen LogP contribution in [0.3, 0.4) is 0 Å². The Hall–Kier alpha value is -2.89. The molecule has 6 heteroatoms. The third-order valence-corrected chi connectivity index (χ3v) is 3.64. The minimum absolute atomic E-state index is 0.526. The van der Waals surface area contributed by atoms with E-state index in [1.54, 1.807) is 13.3 Å².